The molecular formula is C28H26ClN3O2. The summed E-state index contributed by atoms with van der Waals surface area (Å²) in [4.78, 5) is 18.1. The predicted octanol–water partition coefficient (Wildman–Crippen LogP) is 6.67. The minimum absolute atomic E-state index is 0.319. The minimum atomic E-state index is -0.319. The molecule has 4 rings (SSSR count). The Labute approximate surface area is 204 Å². The summed E-state index contributed by atoms with van der Waals surface area (Å²) < 4.78 is 5.22. The van der Waals surface area contributed by atoms with Gasteiger partial charge in [0.15, 0.2) is 0 Å². The van der Waals surface area contributed by atoms with Crippen LogP contribution < -0.4 is 10.2 Å². The summed E-state index contributed by atoms with van der Waals surface area (Å²) >= 11 is 6.46. The number of aryl methyl sites for hydroxylation is 1. The standard InChI is InChI=1S/C28H26ClN3O2/c1-4-18-9-11-20(12-10-18)26-17-23(22-7-6-8-24(29)27(22)30-26)28(33)32-31-25(5-2)19-13-15-21(34-3)16-14-19/h6-17H,4-5H2,1-3H3,(H,32,33)/b31-25-. The van der Waals surface area contributed by atoms with Crippen molar-refractivity contribution in [2.75, 3.05) is 7.11 Å². The van der Waals surface area contributed by atoms with E-state index in [0.29, 0.717) is 33.6 Å². The van der Waals surface area contributed by atoms with Gasteiger partial charge in [-0.05, 0) is 60.4 Å². The zero-order valence-corrected chi connectivity index (χ0v) is 20.2. The van der Waals surface area contributed by atoms with Crippen molar-refractivity contribution in [1.82, 2.24) is 10.4 Å². The molecule has 0 bridgehead atoms. The van der Waals surface area contributed by atoms with Gasteiger partial charge >= 0.3 is 0 Å². The van der Waals surface area contributed by atoms with Crippen molar-refractivity contribution >= 4 is 34.1 Å². The molecule has 1 amide bonds. The molecule has 3 aromatic carbocycles. The number of nitrogens with zero attached hydrogens (tertiary/aromatic N) is 2. The number of rotatable bonds is 7. The van der Waals surface area contributed by atoms with Crippen molar-refractivity contribution < 1.29 is 9.53 Å². The molecule has 34 heavy (non-hydrogen) atoms. The summed E-state index contributed by atoms with van der Waals surface area (Å²) in [7, 11) is 1.63. The summed E-state index contributed by atoms with van der Waals surface area (Å²) in [5.41, 5.74) is 8.31. The van der Waals surface area contributed by atoms with Crippen LogP contribution in [0, 0.1) is 0 Å². The molecule has 4 aromatic rings. The number of hydrogen-bond donors (Lipinski definition) is 1. The smallest absolute Gasteiger partial charge is 0.272 e. The molecule has 5 nitrogen and oxygen atoms in total. The van der Waals surface area contributed by atoms with Crippen LogP contribution in [0.1, 0.15) is 41.8 Å². The Bertz CT molecular complexity index is 1350. The Morgan fingerprint density at radius 1 is 1.03 bits per heavy atom. The number of para-hydroxylation sites is 1. The van der Waals surface area contributed by atoms with Gasteiger partial charge in [0.1, 0.15) is 5.75 Å². The molecule has 0 fully saturated rings. The van der Waals surface area contributed by atoms with Gasteiger partial charge in [-0.25, -0.2) is 10.4 Å². The first kappa shape index (κ1) is 23.5. The summed E-state index contributed by atoms with van der Waals surface area (Å²) in [5, 5.41) is 5.59. The number of hydrazone groups is 1. The number of carbonyl (C=O) groups is 1. The van der Waals surface area contributed by atoms with Crippen molar-refractivity contribution in [3.63, 3.8) is 0 Å². The molecule has 0 radical (unpaired) electrons. The van der Waals surface area contributed by atoms with Gasteiger partial charge in [-0.3, -0.25) is 4.79 Å². The van der Waals surface area contributed by atoms with Crippen LogP contribution in [0.15, 0.2) is 77.9 Å². The molecule has 1 N–H and O–H groups in total. The molecule has 0 aliphatic carbocycles. The second-order valence-corrected chi connectivity index (χ2v) is 8.23. The van der Waals surface area contributed by atoms with Gasteiger partial charge in [-0.15, -0.1) is 0 Å². The molecule has 1 aromatic heterocycles. The Morgan fingerprint density at radius 2 is 1.76 bits per heavy atom. The largest absolute Gasteiger partial charge is 0.497 e. The van der Waals surface area contributed by atoms with E-state index in [4.69, 9.17) is 21.3 Å². The Balaban J connectivity index is 1.72. The summed E-state index contributed by atoms with van der Waals surface area (Å²) in [5.74, 6) is 0.448. The van der Waals surface area contributed by atoms with E-state index in [1.807, 2.05) is 55.5 Å². The summed E-state index contributed by atoms with van der Waals surface area (Å²) in [6.07, 6.45) is 1.61. The molecule has 6 heteroatoms. The lowest BCUT2D eigenvalue weighted by Crippen LogP contribution is -2.20. The van der Waals surface area contributed by atoms with Crippen LogP contribution >= 0.6 is 11.6 Å². The van der Waals surface area contributed by atoms with Gasteiger partial charge in [0, 0.05) is 10.9 Å². The van der Waals surface area contributed by atoms with Gasteiger partial charge < -0.3 is 4.74 Å². The Kier molecular flexibility index (Phi) is 7.24. The fraction of sp³-hybridized carbons (Fsp3) is 0.179. The molecule has 0 spiro atoms. The van der Waals surface area contributed by atoms with Gasteiger partial charge in [-0.1, -0.05) is 61.8 Å². The number of benzene rings is 3. The number of nitrogens with one attached hydrogen (secondary N) is 1. The van der Waals surface area contributed by atoms with Crippen LogP contribution in [0.3, 0.4) is 0 Å². The molecule has 0 atom stereocenters. The third-order valence-corrected chi connectivity index (χ3v) is 6.05. The van der Waals surface area contributed by atoms with Crippen molar-refractivity contribution in [2.24, 2.45) is 5.10 Å². The van der Waals surface area contributed by atoms with E-state index in [1.54, 1.807) is 19.2 Å². The molecule has 172 valence electrons. The maximum Gasteiger partial charge on any atom is 0.272 e. The van der Waals surface area contributed by atoms with Crippen LogP contribution in [-0.2, 0) is 6.42 Å². The second-order valence-electron chi connectivity index (χ2n) is 7.82. The van der Waals surface area contributed by atoms with Crippen molar-refractivity contribution in [3.8, 4) is 17.0 Å². The van der Waals surface area contributed by atoms with Crippen LogP contribution in [-0.4, -0.2) is 23.7 Å². The average molecular weight is 472 g/mol. The van der Waals surface area contributed by atoms with E-state index < -0.39 is 0 Å². The summed E-state index contributed by atoms with van der Waals surface area (Å²) in [6, 6.07) is 23.0. The zero-order valence-electron chi connectivity index (χ0n) is 19.4. The van der Waals surface area contributed by atoms with Crippen LogP contribution in [0.25, 0.3) is 22.2 Å². The van der Waals surface area contributed by atoms with E-state index in [-0.39, 0.29) is 5.91 Å². The number of pyridine rings is 1. The topological polar surface area (TPSA) is 63.6 Å². The SMILES string of the molecule is CC/C(=N/NC(=O)c1cc(-c2ccc(CC)cc2)nc2c(Cl)cccc12)c1ccc(OC)cc1. The average Bonchev–Trinajstić information content (AvgIpc) is 2.89. The third kappa shape index (κ3) is 4.95. The fourth-order valence-electron chi connectivity index (χ4n) is 3.77. The highest BCUT2D eigenvalue weighted by atomic mass is 35.5. The number of amides is 1. The first-order chi connectivity index (χ1) is 16.5. The van der Waals surface area contributed by atoms with E-state index in [1.165, 1.54) is 5.56 Å². The van der Waals surface area contributed by atoms with Crippen LogP contribution in [0.2, 0.25) is 5.02 Å². The van der Waals surface area contributed by atoms with Gasteiger partial charge in [0.05, 0.1) is 34.6 Å². The number of carbonyl (C=O) groups excluding carboxylic acids is 1. The molecule has 0 unspecified atom stereocenters. The van der Waals surface area contributed by atoms with E-state index >= 15 is 0 Å². The zero-order chi connectivity index (χ0) is 24.1. The number of methoxy groups -OCH3 is 1. The molecule has 1 heterocycles. The minimum Gasteiger partial charge on any atom is -0.497 e. The first-order valence-electron chi connectivity index (χ1n) is 11.2. The number of hydrogen-bond acceptors (Lipinski definition) is 4. The van der Waals surface area contributed by atoms with Crippen molar-refractivity contribution in [2.45, 2.75) is 26.7 Å². The highest BCUT2D eigenvalue weighted by Gasteiger charge is 2.16. The number of ether oxygens (including phenoxy) is 1. The van der Waals surface area contributed by atoms with Crippen LogP contribution in [0.4, 0.5) is 0 Å². The maximum absolute atomic E-state index is 13.3. The van der Waals surface area contributed by atoms with Gasteiger partial charge in [0.25, 0.3) is 5.91 Å². The molecule has 0 aliphatic heterocycles. The fourth-order valence-corrected chi connectivity index (χ4v) is 3.99. The van der Waals surface area contributed by atoms with Crippen molar-refractivity contribution in [3.05, 3.63) is 94.5 Å². The quantitative estimate of drug-likeness (QED) is 0.242. The van der Waals surface area contributed by atoms with E-state index in [2.05, 4.69) is 29.6 Å². The Hall–Kier alpha value is -3.70. The third-order valence-electron chi connectivity index (χ3n) is 5.74. The normalized spacial score (nSPS) is 11.5. The lowest BCUT2D eigenvalue weighted by Gasteiger charge is -2.11. The highest BCUT2D eigenvalue weighted by molar-refractivity contribution is 6.35. The highest BCUT2D eigenvalue weighted by Crippen LogP contribution is 2.29. The lowest BCUT2D eigenvalue weighted by molar-refractivity contribution is 0.0956. The van der Waals surface area contributed by atoms with Gasteiger partial charge in [-0.2, -0.15) is 5.10 Å². The lowest BCUT2D eigenvalue weighted by atomic mass is 10.0. The molecule has 0 saturated carbocycles. The second kappa shape index (κ2) is 10.5. The Morgan fingerprint density at radius 3 is 2.41 bits per heavy atom. The number of halogens is 1. The molecular weight excluding hydrogens is 446 g/mol. The first-order valence-corrected chi connectivity index (χ1v) is 11.6. The number of aromatic nitrogens is 1. The summed E-state index contributed by atoms with van der Waals surface area (Å²) in [6.45, 7) is 4.11. The predicted molar refractivity (Wildman–Crippen MR) is 139 cm³/mol. The molecule has 0 saturated heterocycles. The molecule has 0 aliphatic rings. The number of fused-ring (bicyclic) bond motifs is 1. The van der Waals surface area contributed by atoms with Crippen LogP contribution in [0.5, 0.6) is 5.75 Å². The van der Waals surface area contributed by atoms with E-state index in [9.17, 15) is 4.79 Å². The monoisotopic (exact) mass is 471 g/mol. The van der Waals surface area contributed by atoms with Crippen molar-refractivity contribution in [1.29, 1.82) is 0 Å². The van der Waals surface area contributed by atoms with E-state index in [0.717, 1.165) is 29.0 Å². The maximum atomic E-state index is 13.3. The van der Waals surface area contributed by atoms with Gasteiger partial charge in [0.2, 0.25) is 0 Å².